The van der Waals surface area contributed by atoms with E-state index in [2.05, 4.69) is 15.2 Å². The van der Waals surface area contributed by atoms with Gasteiger partial charge in [-0.05, 0) is 44.0 Å². The number of rotatable bonds is 5. The molecule has 1 N–H and O–H groups in total. The minimum Gasteiger partial charge on any atom is -0.378 e. The lowest BCUT2D eigenvalue weighted by Crippen LogP contribution is -2.43. The molecular formula is C21H26N4O4S. The molecule has 1 aromatic carbocycles. The fraction of sp³-hybridized carbons (Fsp3) is 0.429. The summed E-state index contributed by atoms with van der Waals surface area (Å²) in [4.78, 5) is 19.6. The van der Waals surface area contributed by atoms with Crippen LogP contribution < -0.4 is 10.2 Å². The van der Waals surface area contributed by atoms with E-state index in [9.17, 15) is 13.2 Å². The molecule has 8 nitrogen and oxygen atoms in total. The molecule has 1 atom stereocenters. The number of sulfonamides is 1. The average Bonchev–Trinajstić information content (AvgIpc) is 3.26. The van der Waals surface area contributed by atoms with E-state index in [0.717, 1.165) is 24.5 Å². The second-order valence-electron chi connectivity index (χ2n) is 7.58. The molecule has 3 heterocycles. The first-order valence-electron chi connectivity index (χ1n) is 10.1. The number of anilines is 2. The number of pyridine rings is 1. The van der Waals surface area contributed by atoms with Crippen molar-refractivity contribution >= 4 is 27.4 Å². The Bertz CT molecular complexity index is 987. The van der Waals surface area contributed by atoms with Gasteiger partial charge in [0.1, 0.15) is 11.9 Å². The van der Waals surface area contributed by atoms with Gasteiger partial charge in [-0.15, -0.1) is 0 Å². The van der Waals surface area contributed by atoms with E-state index in [0.29, 0.717) is 38.3 Å². The third-order valence-corrected chi connectivity index (χ3v) is 7.41. The molecule has 0 saturated carbocycles. The number of nitrogens with zero attached hydrogens (tertiary/aromatic N) is 3. The van der Waals surface area contributed by atoms with Gasteiger partial charge in [0, 0.05) is 19.6 Å². The van der Waals surface area contributed by atoms with Gasteiger partial charge in [0.15, 0.2) is 0 Å². The van der Waals surface area contributed by atoms with Crippen LogP contribution in [-0.2, 0) is 19.6 Å². The lowest BCUT2D eigenvalue weighted by molar-refractivity contribution is -0.119. The van der Waals surface area contributed by atoms with Crippen LogP contribution in [-0.4, -0.2) is 62.5 Å². The van der Waals surface area contributed by atoms with Crippen molar-refractivity contribution in [1.82, 2.24) is 9.29 Å². The van der Waals surface area contributed by atoms with Gasteiger partial charge in [0.2, 0.25) is 15.9 Å². The van der Waals surface area contributed by atoms with Gasteiger partial charge in [0.05, 0.1) is 30.0 Å². The molecule has 1 aromatic heterocycles. The molecule has 2 aliphatic rings. The van der Waals surface area contributed by atoms with Crippen LogP contribution in [0.4, 0.5) is 11.5 Å². The van der Waals surface area contributed by atoms with Crippen LogP contribution in [0.5, 0.6) is 0 Å². The van der Waals surface area contributed by atoms with E-state index in [-0.39, 0.29) is 10.8 Å². The SMILES string of the molecule is Cc1ccc(S(=O)(=O)N2CCC[C@H]2C(=O)Nc2ccc(N3CCOCC3)nc2)cc1. The van der Waals surface area contributed by atoms with E-state index in [4.69, 9.17) is 4.74 Å². The maximum atomic E-state index is 13.1. The largest absolute Gasteiger partial charge is 0.378 e. The second-order valence-corrected chi connectivity index (χ2v) is 9.47. The zero-order valence-electron chi connectivity index (χ0n) is 17.0. The second kappa shape index (κ2) is 8.71. The number of carbonyl (C=O) groups excluding carboxylic acids is 1. The smallest absolute Gasteiger partial charge is 0.243 e. The fourth-order valence-electron chi connectivity index (χ4n) is 3.80. The predicted molar refractivity (Wildman–Crippen MR) is 114 cm³/mol. The van der Waals surface area contributed by atoms with E-state index >= 15 is 0 Å². The zero-order chi connectivity index (χ0) is 21.1. The summed E-state index contributed by atoms with van der Waals surface area (Å²) in [6.07, 6.45) is 2.75. The number of morpholine rings is 1. The zero-order valence-corrected chi connectivity index (χ0v) is 17.8. The van der Waals surface area contributed by atoms with Crippen molar-refractivity contribution in [2.45, 2.75) is 30.7 Å². The van der Waals surface area contributed by atoms with Crippen LogP contribution in [0, 0.1) is 6.92 Å². The molecule has 4 rings (SSSR count). The predicted octanol–water partition coefficient (Wildman–Crippen LogP) is 2.02. The molecule has 0 aliphatic carbocycles. The molecule has 2 aromatic rings. The van der Waals surface area contributed by atoms with Gasteiger partial charge in [-0.2, -0.15) is 4.31 Å². The van der Waals surface area contributed by atoms with Gasteiger partial charge in [-0.25, -0.2) is 13.4 Å². The Kier molecular flexibility index (Phi) is 6.03. The topological polar surface area (TPSA) is 91.8 Å². The highest BCUT2D eigenvalue weighted by Crippen LogP contribution is 2.27. The average molecular weight is 431 g/mol. The van der Waals surface area contributed by atoms with E-state index in [1.165, 1.54) is 4.31 Å². The number of carbonyl (C=O) groups is 1. The lowest BCUT2D eigenvalue weighted by atomic mass is 10.2. The maximum absolute atomic E-state index is 13.1. The van der Waals surface area contributed by atoms with Crippen molar-refractivity contribution in [3.8, 4) is 0 Å². The molecule has 160 valence electrons. The van der Waals surface area contributed by atoms with Gasteiger partial charge in [-0.3, -0.25) is 4.79 Å². The fourth-order valence-corrected chi connectivity index (χ4v) is 5.46. The third kappa shape index (κ3) is 4.33. The monoisotopic (exact) mass is 430 g/mol. The number of hydrogen-bond donors (Lipinski definition) is 1. The Hall–Kier alpha value is -2.49. The van der Waals surface area contributed by atoms with E-state index < -0.39 is 16.1 Å². The van der Waals surface area contributed by atoms with Gasteiger partial charge in [-0.1, -0.05) is 17.7 Å². The van der Waals surface area contributed by atoms with Crippen LogP contribution in [0.25, 0.3) is 0 Å². The summed E-state index contributed by atoms with van der Waals surface area (Å²) in [7, 11) is -3.72. The highest BCUT2D eigenvalue weighted by molar-refractivity contribution is 7.89. The first-order valence-corrected chi connectivity index (χ1v) is 11.6. The molecule has 2 saturated heterocycles. The summed E-state index contributed by atoms with van der Waals surface area (Å²) in [5, 5.41) is 2.83. The lowest BCUT2D eigenvalue weighted by Gasteiger charge is -2.28. The molecule has 2 aliphatic heterocycles. The Morgan fingerprint density at radius 1 is 1.10 bits per heavy atom. The Morgan fingerprint density at radius 2 is 1.83 bits per heavy atom. The van der Waals surface area contributed by atoms with Crippen molar-refractivity contribution in [2.75, 3.05) is 43.1 Å². The molecule has 0 unspecified atom stereocenters. The summed E-state index contributed by atoms with van der Waals surface area (Å²) in [5.41, 5.74) is 1.54. The molecular weight excluding hydrogens is 404 g/mol. The maximum Gasteiger partial charge on any atom is 0.243 e. The van der Waals surface area contributed by atoms with Crippen molar-refractivity contribution in [2.24, 2.45) is 0 Å². The van der Waals surface area contributed by atoms with Crippen molar-refractivity contribution < 1.29 is 17.9 Å². The minimum atomic E-state index is -3.72. The molecule has 1 amide bonds. The van der Waals surface area contributed by atoms with Gasteiger partial charge >= 0.3 is 0 Å². The molecule has 9 heteroatoms. The number of nitrogens with one attached hydrogen (secondary N) is 1. The van der Waals surface area contributed by atoms with Crippen LogP contribution in [0.15, 0.2) is 47.5 Å². The Balaban J connectivity index is 1.45. The number of aryl methyl sites for hydroxylation is 1. The normalized spacial score (nSPS) is 20.3. The Morgan fingerprint density at radius 3 is 2.50 bits per heavy atom. The molecule has 2 fully saturated rings. The highest BCUT2D eigenvalue weighted by atomic mass is 32.2. The quantitative estimate of drug-likeness (QED) is 0.780. The number of benzene rings is 1. The van der Waals surface area contributed by atoms with Crippen molar-refractivity contribution in [3.63, 3.8) is 0 Å². The van der Waals surface area contributed by atoms with Crippen molar-refractivity contribution in [1.29, 1.82) is 0 Å². The highest BCUT2D eigenvalue weighted by Gasteiger charge is 2.39. The first kappa shape index (κ1) is 20.8. The summed E-state index contributed by atoms with van der Waals surface area (Å²) < 4.78 is 32.8. The number of ether oxygens (including phenoxy) is 1. The standard InChI is InChI=1S/C21H26N4O4S/c1-16-4-7-18(8-5-16)30(27,28)25-10-2-3-19(25)21(26)23-17-6-9-20(22-15-17)24-11-13-29-14-12-24/h4-9,15,19H,2-3,10-14H2,1H3,(H,23,26)/t19-/m0/s1. The van der Waals surface area contributed by atoms with Gasteiger partial charge in [0.25, 0.3) is 0 Å². The molecule has 0 bridgehead atoms. The van der Waals surface area contributed by atoms with Crippen molar-refractivity contribution in [3.05, 3.63) is 48.2 Å². The minimum absolute atomic E-state index is 0.212. The summed E-state index contributed by atoms with van der Waals surface area (Å²) >= 11 is 0. The van der Waals surface area contributed by atoms with E-state index in [1.54, 1.807) is 36.5 Å². The summed E-state index contributed by atoms with van der Waals surface area (Å²) in [6, 6.07) is 9.63. The first-order chi connectivity index (χ1) is 14.4. The summed E-state index contributed by atoms with van der Waals surface area (Å²) in [5.74, 6) is 0.504. The van der Waals surface area contributed by atoms with Crippen LogP contribution >= 0.6 is 0 Å². The number of amides is 1. The number of hydrogen-bond acceptors (Lipinski definition) is 6. The number of aromatic nitrogens is 1. The summed E-state index contributed by atoms with van der Waals surface area (Å²) in [6.45, 7) is 5.16. The molecule has 0 spiro atoms. The third-order valence-electron chi connectivity index (χ3n) is 5.48. The van der Waals surface area contributed by atoms with E-state index in [1.807, 2.05) is 13.0 Å². The van der Waals surface area contributed by atoms with Crippen LogP contribution in [0.1, 0.15) is 18.4 Å². The van der Waals surface area contributed by atoms with Crippen LogP contribution in [0.2, 0.25) is 0 Å². The molecule has 30 heavy (non-hydrogen) atoms. The molecule has 0 radical (unpaired) electrons. The Labute approximate surface area is 176 Å². The van der Waals surface area contributed by atoms with Gasteiger partial charge < -0.3 is 15.0 Å². The van der Waals surface area contributed by atoms with Crippen LogP contribution in [0.3, 0.4) is 0 Å².